The summed E-state index contributed by atoms with van der Waals surface area (Å²) in [6.07, 6.45) is 1.82. The van der Waals surface area contributed by atoms with Crippen LogP contribution in [0, 0.1) is 0 Å². The highest BCUT2D eigenvalue weighted by Crippen LogP contribution is 2.17. The van der Waals surface area contributed by atoms with E-state index in [1.54, 1.807) is 32.9 Å². The van der Waals surface area contributed by atoms with Gasteiger partial charge in [-0.2, -0.15) is 0 Å². The number of sulfonamides is 1. The molecule has 1 aromatic rings. The van der Waals surface area contributed by atoms with Crippen LogP contribution in [0.5, 0.6) is 0 Å². The minimum atomic E-state index is -3.55. The molecular formula is C15H23N3O3S. The van der Waals surface area contributed by atoms with Gasteiger partial charge in [0.25, 0.3) is 0 Å². The van der Waals surface area contributed by atoms with Gasteiger partial charge in [0, 0.05) is 11.2 Å². The number of hydrogen-bond acceptors (Lipinski definition) is 4. The first-order valence-electron chi connectivity index (χ1n) is 7.36. The lowest BCUT2D eigenvalue weighted by molar-refractivity contribution is -0.117. The van der Waals surface area contributed by atoms with Crippen molar-refractivity contribution < 1.29 is 13.2 Å². The number of carbonyl (C=O) groups is 1. The minimum absolute atomic E-state index is 0.0825. The van der Waals surface area contributed by atoms with Gasteiger partial charge in [0.15, 0.2) is 0 Å². The zero-order valence-corrected chi connectivity index (χ0v) is 14.0. The Morgan fingerprint density at radius 1 is 1.23 bits per heavy atom. The Labute approximate surface area is 131 Å². The molecule has 0 aromatic heterocycles. The highest BCUT2D eigenvalue weighted by Gasteiger charge is 2.23. The fourth-order valence-electron chi connectivity index (χ4n) is 2.32. The molecule has 122 valence electrons. The van der Waals surface area contributed by atoms with E-state index < -0.39 is 15.6 Å². The molecule has 0 radical (unpaired) electrons. The molecule has 3 N–H and O–H groups in total. The largest absolute Gasteiger partial charge is 0.325 e. The molecule has 0 unspecified atom stereocenters. The molecule has 6 nitrogen and oxygen atoms in total. The van der Waals surface area contributed by atoms with Crippen molar-refractivity contribution in [3.05, 3.63) is 24.3 Å². The molecule has 1 aromatic carbocycles. The molecule has 1 atom stereocenters. The van der Waals surface area contributed by atoms with E-state index in [4.69, 9.17) is 0 Å². The first-order valence-corrected chi connectivity index (χ1v) is 8.84. The zero-order chi connectivity index (χ0) is 16.4. The number of carbonyl (C=O) groups excluding carboxylic acids is 1. The molecule has 0 bridgehead atoms. The molecule has 0 spiro atoms. The van der Waals surface area contributed by atoms with E-state index in [0.29, 0.717) is 5.69 Å². The molecule has 1 heterocycles. The summed E-state index contributed by atoms with van der Waals surface area (Å²) in [5.41, 5.74) is 0.0493. The lowest BCUT2D eigenvalue weighted by Crippen LogP contribution is -2.40. The second-order valence-electron chi connectivity index (χ2n) is 6.52. The van der Waals surface area contributed by atoms with Gasteiger partial charge in [-0.15, -0.1) is 0 Å². The average molecular weight is 325 g/mol. The Balaban J connectivity index is 2.05. The number of nitrogens with one attached hydrogen (secondary N) is 3. The Bertz CT molecular complexity index is 627. The maximum atomic E-state index is 12.2. The number of rotatable bonds is 4. The fraction of sp³-hybridized carbons (Fsp3) is 0.533. The van der Waals surface area contributed by atoms with Gasteiger partial charge in [0.1, 0.15) is 0 Å². The number of hydrogen-bond donors (Lipinski definition) is 3. The summed E-state index contributed by atoms with van der Waals surface area (Å²) in [6, 6.07) is 6.03. The van der Waals surface area contributed by atoms with Gasteiger partial charge in [0.05, 0.1) is 10.9 Å². The SMILES string of the molecule is CC(C)(C)NS(=O)(=O)c1ccc(NC(=O)[C@@H]2CCCN2)cc1. The van der Waals surface area contributed by atoms with Crippen LogP contribution in [0.3, 0.4) is 0 Å². The molecule has 1 aliphatic heterocycles. The Morgan fingerprint density at radius 2 is 1.86 bits per heavy atom. The number of anilines is 1. The summed E-state index contributed by atoms with van der Waals surface area (Å²) < 4.78 is 27.0. The molecule has 1 amide bonds. The van der Waals surface area contributed by atoms with E-state index in [-0.39, 0.29) is 16.8 Å². The number of benzene rings is 1. The standard InChI is InChI=1S/C15H23N3O3S/c1-15(2,3)18-22(20,21)12-8-6-11(7-9-12)17-14(19)13-5-4-10-16-13/h6-9,13,16,18H,4-5,10H2,1-3H3,(H,17,19)/t13-/m0/s1. The Morgan fingerprint density at radius 3 is 2.36 bits per heavy atom. The smallest absolute Gasteiger partial charge is 0.241 e. The third-order valence-corrected chi connectivity index (χ3v) is 5.02. The third kappa shape index (κ3) is 4.53. The molecule has 2 rings (SSSR count). The van der Waals surface area contributed by atoms with E-state index in [2.05, 4.69) is 15.4 Å². The van der Waals surface area contributed by atoms with Crippen LogP contribution in [0.25, 0.3) is 0 Å². The molecule has 0 saturated carbocycles. The van der Waals surface area contributed by atoms with Crippen molar-refractivity contribution in [3.63, 3.8) is 0 Å². The lowest BCUT2D eigenvalue weighted by atomic mass is 10.1. The second-order valence-corrected chi connectivity index (χ2v) is 8.20. The predicted octanol–water partition coefficient (Wildman–Crippen LogP) is 1.45. The summed E-state index contributed by atoms with van der Waals surface area (Å²) in [7, 11) is -3.55. The first-order chi connectivity index (χ1) is 10.2. The van der Waals surface area contributed by atoms with Crippen LogP contribution in [0.4, 0.5) is 5.69 Å². The monoisotopic (exact) mass is 325 g/mol. The van der Waals surface area contributed by atoms with Crippen LogP contribution in [0.1, 0.15) is 33.6 Å². The Hall–Kier alpha value is -1.44. The molecule has 1 aliphatic rings. The summed E-state index contributed by atoms with van der Waals surface area (Å²) in [6.45, 7) is 6.21. The molecule has 1 saturated heterocycles. The maximum Gasteiger partial charge on any atom is 0.241 e. The highest BCUT2D eigenvalue weighted by atomic mass is 32.2. The van der Waals surface area contributed by atoms with Crippen molar-refractivity contribution in [1.29, 1.82) is 0 Å². The topological polar surface area (TPSA) is 87.3 Å². The number of amides is 1. The fourth-order valence-corrected chi connectivity index (χ4v) is 3.74. The second kappa shape index (κ2) is 6.36. The van der Waals surface area contributed by atoms with Crippen molar-refractivity contribution >= 4 is 21.6 Å². The van der Waals surface area contributed by atoms with E-state index in [1.807, 2.05) is 0 Å². The molecule has 7 heteroatoms. The van der Waals surface area contributed by atoms with Gasteiger partial charge in [-0.25, -0.2) is 13.1 Å². The summed E-state index contributed by atoms with van der Waals surface area (Å²) in [5.74, 6) is -0.0825. The van der Waals surface area contributed by atoms with Crippen molar-refractivity contribution in [2.45, 2.75) is 50.1 Å². The van der Waals surface area contributed by atoms with E-state index >= 15 is 0 Å². The average Bonchev–Trinajstić information content (AvgIpc) is 2.90. The first kappa shape index (κ1) is 16.9. The van der Waals surface area contributed by atoms with Crippen LogP contribution < -0.4 is 15.4 Å². The van der Waals surface area contributed by atoms with Gasteiger partial charge in [-0.05, 0) is 64.4 Å². The zero-order valence-electron chi connectivity index (χ0n) is 13.1. The van der Waals surface area contributed by atoms with Crippen LogP contribution in [-0.2, 0) is 14.8 Å². The normalized spacial score (nSPS) is 19.1. The van der Waals surface area contributed by atoms with Gasteiger partial charge in [-0.1, -0.05) is 0 Å². The molecular weight excluding hydrogens is 302 g/mol. The van der Waals surface area contributed by atoms with E-state index in [0.717, 1.165) is 19.4 Å². The molecule has 22 heavy (non-hydrogen) atoms. The van der Waals surface area contributed by atoms with Crippen molar-refractivity contribution in [2.24, 2.45) is 0 Å². The third-order valence-electron chi connectivity index (χ3n) is 3.25. The quantitative estimate of drug-likeness (QED) is 0.782. The highest BCUT2D eigenvalue weighted by molar-refractivity contribution is 7.89. The Kier molecular flexibility index (Phi) is 4.89. The van der Waals surface area contributed by atoms with Crippen LogP contribution in [-0.4, -0.2) is 32.5 Å². The van der Waals surface area contributed by atoms with E-state index in [1.165, 1.54) is 12.1 Å². The predicted molar refractivity (Wildman–Crippen MR) is 86.2 cm³/mol. The van der Waals surface area contributed by atoms with Gasteiger partial charge in [0.2, 0.25) is 15.9 Å². The van der Waals surface area contributed by atoms with Crippen molar-refractivity contribution in [2.75, 3.05) is 11.9 Å². The molecule has 1 fully saturated rings. The summed E-state index contributed by atoms with van der Waals surface area (Å²) in [4.78, 5) is 12.2. The van der Waals surface area contributed by atoms with Crippen LogP contribution in [0.15, 0.2) is 29.2 Å². The molecule has 0 aliphatic carbocycles. The van der Waals surface area contributed by atoms with E-state index in [9.17, 15) is 13.2 Å². The minimum Gasteiger partial charge on any atom is -0.325 e. The van der Waals surface area contributed by atoms with Crippen molar-refractivity contribution in [3.8, 4) is 0 Å². The lowest BCUT2D eigenvalue weighted by Gasteiger charge is -2.20. The van der Waals surface area contributed by atoms with Gasteiger partial charge < -0.3 is 10.6 Å². The van der Waals surface area contributed by atoms with Crippen LogP contribution in [0.2, 0.25) is 0 Å². The summed E-state index contributed by atoms with van der Waals surface area (Å²) in [5, 5.41) is 5.91. The van der Waals surface area contributed by atoms with Crippen LogP contribution >= 0.6 is 0 Å². The summed E-state index contributed by atoms with van der Waals surface area (Å²) >= 11 is 0. The van der Waals surface area contributed by atoms with Gasteiger partial charge in [-0.3, -0.25) is 4.79 Å². The van der Waals surface area contributed by atoms with Gasteiger partial charge >= 0.3 is 0 Å². The van der Waals surface area contributed by atoms with Crippen molar-refractivity contribution in [1.82, 2.24) is 10.0 Å². The maximum absolute atomic E-state index is 12.2.